The van der Waals surface area contributed by atoms with Gasteiger partial charge in [-0.2, -0.15) is 0 Å². The number of carbonyl (C=O) groups excluding carboxylic acids is 4. The second-order valence-corrected chi connectivity index (χ2v) is 9.85. The fourth-order valence-corrected chi connectivity index (χ4v) is 6.11. The molecule has 182 valence electrons. The number of fused-ring (bicyclic) bond motifs is 1. The molecule has 4 aliphatic rings. The third-order valence-corrected chi connectivity index (χ3v) is 7.87. The number of hydrogen-bond acceptors (Lipinski definition) is 8. The van der Waals surface area contributed by atoms with Crippen LogP contribution in [0, 0.1) is 0 Å². The first-order chi connectivity index (χ1) is 16.5. The zero-order valence-corrected chi connectivity index (χ0v) is 19.5. The number of benzene rings is 1. The monoisotopic (exact) mass is 467 g/mol. The minimum atomic E-state index is -0.774. The number of piperazine rings is 1. The molecule has 1 aromatic carbocycles. The molecular weight excluding hydrogens is 434 g/mol. The number of nitrogens with zero attached hydrogens (tertiary/aromatic N) is 3. The lowest BCUT2D eigenvalue weighted by molar-refractivity contribution is -0.141. The maximum absolute atomic E-state index is 12.8. The number of carbonyl (C=O) groups is 4. The van der Waals surface area contributed by atoms with E-state index >= 15 is 0 Å². The van der Waals surface area contributed by atoms with Crippen molar-refractivity contribution in [2.75, 3.05) is 39.3 Å². The van der Waals surface area contributed by atoms with Crippen molar-refractivity contribution in [2.24, 2.45) is 0 Å². The first kappa shape index (κ1) is 23.3. The van der Waals surface area contributed by atoms with E-state index in [1.807, 2.05) is 23.1 Å². The number of hydrogen-bond donors (Lipinski definition) is 2. The van der Waals surface area contributed by atoms with Gasteiger partial charge in [-0.15, -0.1) is 0 Å². The van der Waals surface area contributed by atoms with Gasteiger partial charge in [0, 0.05) is 51.7 Å². The number of ketones is 1. The van der Waals surface area contributed by atoms with Gasteiger partial charge >= 0.3 is 0 Å². The van der Waals surface area contributed by atoms with Gasteiger partial charge in [0.1, 0.15) is 6.04 Å². The summed E-state index contributed by atoms with van der Waals surface area (Å²) >= 11 is 0. The summed E-state index contributed by atoms with van der Waals surface area (Å²) in [7, 11) is 0. The number of piperidine rings is 2. The van der Waals surface area contributed by atoms with Crippen molar-refractivity contribution in [3.8, 4) is 0 Å². The standard InChI is InChI=1S/C25H33N5O4/c31-16-21(32)24-23-17(14-28-10-12-29(13-11-28)19-6-8-26-9-7-19)2-1-3-18(23)15-30(24)20-4-5-22(33)27-25(20)34/h1-3,16,19-20,24,26H,4-15H2,(H,27,33,34). The molecule has 9 nitrogen and oxygen atoms in total. The third kappa shape index (κ3) is 4.57. The van der Waals surface area contributed by atoms with Crippen molar-refractivity contribution in [1.82, 2.24) is 25.3 Å². The van der Waals surface area contributed by atoms with Crippen LogP contribution in [0.25, 0.3) is 0 Å². The van der Waals surface area contributed by atoms with Crippen molar-refractivity contribution in [2.45, 2.75) is 56.9 Å². The normalized spacial score (nSPS) is 27.4. The van der Waals surface area contributed by atoms with Crippen LogP contribution in [0.3, 0.4) is 0 Å². The van der Waals surface area contributed by atoms with E-state index in [4.69, 9.17) is 0 Å². The van der Waals surface area contributed by atoms with E-state index in [1.165, 1.54) is 12.8 Å². The van der Waals surface area contributed by atoms with Crippen LogP contribution in [0.5, 0.6) is 0 Å². The highest BCUT2D eigenvalue weighted by Crippen LogP contribution is 2.39. The largest absolute Gasteiger partial charge is 0.317 e. The number of nitrogens with one attached hydrogen (secondary N) is 2. The van der Waals surface area contributed by atoms with Gasteiger partial charge in [0.25, 0.3) is 0 Å². The second kappa shape index (κ2) is 10.0. The van der Waals surface area contributed by atoms with Gasteiger partial charge in [-0.1, -0.05) is 18.2 Å². The van der Waals surface area contributed by atoms with Crippen LogP contribution in [0.15, 0.2) is 18.2 Å². The summed E-state index contributed by atoms with van der Waals surface area (Å²) in [5.74, 6) is -1.21. The molecule has 2 amide bonds. The molecule has 0 aliphatic carbocycles. The lowest BCUT2D eigenvalue weighted by Gasteiger charge is -2.41. The maximum atomic E-state index is 12.8. The van der Waals surface area contributed by atoms with Gasteiger partial charge in [-0.05, 0) is 49.0 Å². The molecule has 2 unspecified atom stereocenters. The summed E-state index contributed by atoms with van der Waals surface area (Å²) in [6, 6.07) is 5.31. The number of rotatable bonds is 6. The fraction of sp³-hybridized carbons (Fsp3) is 0.600. The molecule has 0 aromatic heterocycles. The van der Waals surface area contributed by atoms with Crippen molar-refractivity contribution >= 4 is 23.9 Å². The molecule has 4 aliphatic heterocycles. The highest BCUT2D eigenvalue weighted by atomic mass is 16.2. The van der Waals surface area contributed by atoms with Crippen LogP contribution in [0.4, 0.5) is 0 Å². The van der Waals surface area contributed by atoms with Crippen molar-refractivity contribution < 1.29 is 19.2 Å². The Morgan fingerprint density at radius 3 is 2.53 bits per heavy atom. The van der Waals surface area contributed by atoms with Gasteiger partial charge < -0.3 is 5.32 Å². The van der Waals surface area contributed by atoms with Crippen molar-refractivity contribution in [1.29, 1.82) is 0 Å². The minimum Gasteiger partial charge on any atom is -0.317 e. The molecule has 2 N–H and O–H groups in total. The molecule has 4 heterocycles. The Morgan fingerprint density at radius 2 is 1.82 bits per heavy atom. The SMILES string of the molecule is O=CC(=O)C1c2c(CN3CCN(C4CCNCC4)CC3)cccc2CN1C1CCC(=O)NC1=O. The van der Waals surface area contributed by atoms with Crippen molar-refractivity contribution in [3.63, 3.8) is 0 Å². The van der Waals surface area contributed by atoms with Crippen LogP contribution in [-0.4, -0.2) is 89.9 Å². The minimum absolute atomic E-state index is 0.236. The van der Waals surface area contributed by atoms with Crippen molar-refractivity contribution in [3.05, 3.63) is 34.9 Å². The maximum Gasteiger partial charge on any atom is 0.243 e. The van der Waals surface area contributed by atoms with E-state index < -0.39 is 17.9 Å². The lowest BCUT2D eigenvalue weighted by Crippen LogP contribution is -2.53. The van der Waals surface area contributed by atoms with Gasteiger partial charge in [0.2, 0.25) is 17.6 Å². The third-order valence-electron chi connectivity index (χ3n) is 7.87. The Bertz CT molecular complexity index is 968. The average Bonchev–Trinajstić information content (AvgIpc) is 3.25. The number of amides is 2. The van der Waals surface area contributed by atoms with Crippen LogP contribution >= 0.6 is 0 Å². The molecule has 3 saturated heterocycles. The molecule has 1 aromatic rings. The van der Waals surface area contributed by atoms with E-state index in [0.717, 1.165) is 62.5 Å². The molecule has 34 heavy (non-hydrogen) atoms. The predicted molar refractivity (Wildman–Crippen MR) is 125 cm³/mol. The summed E-state index contributed by atoms with van der Waals surface area (Å²) < 4.78 is 0. The fourth-order valence-electron chi connectivity index (χ4n) is 6.11. The Kier molecular flexibility index (Phi) is 6.87. The van der Waals surface area contributed by atoms with Gasteiger partial charge in [0.05, 0.1) is 6.04 Å². The van der Waals surface area contributed by atoms with Gasteiger partial charge in [-0.3, -0.25) is 39.2 Å². The molecule has 5 rings (SSSR count). The smallest absolute Gasteiger partial charge is 0.243 e. The lowest BCUT2D eigenvalue weighted by atomic mass is 9.94. The summed E-state index contributed by atoms with van der Waals surface area (Å²) in [5, 5.41) is 5.82. The molecule has 2 atom stereocenters. The van der Waals surface area contributed by atoms with Crippen LogP contribution in [0.1, 0.15) is 48.4 Å². The molecule has 9 heteroatoms. The van der Waals surface area contributed by atoms with Gasteiger partial charge in [-0.25, -0.2) is 0 Å². The van der Waals surface area contributed by atoms with Crippen LogP contribution < -0.4 is 10.6 Å². The number of imide groups is 1. The zero-order chi connectivity index (χ0) is 23.7. The average molecular weight is 468 g/mol. The molecule has 0 radical (unpaired) electrons. The Balaban J connectivity index is 1.32. The molecule has 0 saturated carbocycles. The summed E-state index contributed by atoms with van der Waals surface area (Å²) in [6.07, 6.45) is 3.37. The molecular formula is C25H33N5O4. The molecule has 3 fully saturated rings. The second-order valence-electron chi connectivity index (χ2n) is 9.85. The predicted octanol–water partition coefficient (Wildman–Crippen LogP) is -0.0139. The first-order valence-corrected chi connectivity index (χ1v) is 12.4. The van der Waals surface area contributed by atoms with Gasteiger partial charge in [0.15, 0.2) is 6.29 Å². The topological polar surface area (TPSA) is 102 Å². The highest BCUT2D eigenvalue weighted by molar-refractivity contribution is 6.27. The Morgan fingerprint density at radius 1 is 1.06 bits per heavy atom. The van der Waals surface area contributed by atoms with E-state index in [9.17, 15) is 19.2 Å². The number of aldehydes is 1. The summed E-state index contributed by atoms with van der Waals surface area (Å²) in [6.45, 7) is 7.34. The van der Waals surface area contributed by atoms with E-state index in [-0.39, 0.29) is 18.2 Å². The van der Waals surface area contributed by atoms with Crippen LogP contribution in [0.2, 0.25) is 0 Å². The van der Waals surface area contributed by atoms with E-state index in [0.29, 0.717) is 25.3 Å². The Hall–Kier alpha value is -2.46. The Labute approximate surface area is 199 Å². The number of Topliss-reactive ketones (excluding diaryl/α,β-unsaturated/α-hetero) is 1. The quantitative estimate of drug-likeness (QED) is 0.342. The zero-order valence-electron chi connectivity index (χ0n) is 19.5. The molecule has 0 bridgehead atoms. The summed E-state index contributed by atoms with van der Waals surface area (Å²) in [5.41, 5.74) is 2.89. The summed E-state index contributed by atoms with van der Waals surface area (Å²) in [4.78, 5) is 55.5. The highest BCUT2D eigenvalue weighted by Gasteiger charge is 2.44. The van der Waals surface area contributed by atoms with E-state index in [1.54, 1.807) is 0 Å². The molecule has 0 spiro atoms. The van der Waals surface area contributed by atoms with E-state index in [2.05, 4.69) is 20.4 Å². The van der Waals surface area contributed by atoms with Crippen LogP contribution in [-0.2, 0) is 32.3 Å². The first-order valence-electron chi connectivity index (χ1n) is 12.4.